The smallest absolute Gasteiger partial charge is 0.261 e. The van der Waals surface area contributed by atoms with Gasteiger partial charge in [0.05, 0.1) is 74.2 Å². The van der Waals surface area contributed by atoms with E-state index in [0.717, 1.165) is 47.9 Å². The van der Waals surface area contributed by atoms with Gasteiger partial charge in [-0.05, 0) is 294 Å². The van der Waals surface area contributed by atoms with Crippen molar-refractivity contribution >= 4 is 127 Å². The molecule has 8 aromatic rings. The van der Waals surface area contributed by atoms with Crippen LogP contribution in [0.5, 0.6) is 0 Å². The average Bonchev–Trinajstić information content (AvgIpc) is 0.790. The van der Waals surface area contributed by atoms with Crippen LogP contribution in [0.2, 0.25) is 54.4 Å². The highest BCUT2D eigenvalue weighted by Gasteiger charge is 2.41. The maximum absolute atomic E-state index is 12.9. The van der Waals surface area contributed by atoms with Crippen LogP contribution >= 0.6 is 42.5 Å². The number of rotatable bonds is 25. The number of nitrogens with zero attached hydrogens (tertiary/aromatic N) is 2. The van der Waals surface area contributed by atoms with E-state index in [0.29, 0.717) is 19.6 Å². The number of nitrogens with two attached hydrogens (primary N) is 3. The summed E-state index contributed by atoms with van der Waals surface area (Å²) in [5.41, 5.74) is 4.51. The lowest BCUT2D eigenvalue weighted by atomic mass is 9.98. The lowest BCUT2D eigenvalue weighted by Crippen LogP contribution is -2.54. The van der Waals surface area contributed by atoms with E-state index in [1.165, 1.54) is 29.8 Å². The third kappa shape index (κ3) is 40.5. The number of benzene rings is 8. The topological polar surface area (TPSA) is 409 Å². The Labute approximate surface area is 833 Å². The molecule has 8 rings (SSSR count). The molecule has 0 fully saturated rings. The summed E-state index contributed by atoms with van der Waals surface area (Å²) in [5.74, 6) is 0. The molecule has 25 nitrogen and oxygen atoms in total. The number of hydrogen-bond acceptors (Lipinski definition) is 20. The van der Waals surface area contributed by atoms with E-state index in [9.17, 15) is 43.0 Å². The van der Waals surface area contributed by atoms with Crippen molar-refractivity contribution in [1.82, 2.24) is 10.5 Å². The molecule has 0 bridgehead atoms. The Morgan fingerprint density at radius 1 is 0.328 bits per heavy atom. The minimum Gasteiger partial charge on any atom is -0.386 e. The molecule has 8 aromatic carbocycles. The van der Waals surface area contributed by atoms with Gasteiger partial charge in [0.2, 0.25) is 20.0 Å². The van der Waals surface area contributed by atoms with E-state index in [4.69, 9.17) is 63.8 Å². The van der Waals surface area contributed by atoms with Gasteiger partial charge in [-0.15, -0.1) is 0 Å². The van der Waals surface area contributed by atoms with Crippen LogP contribution in [0.4, 0.5) is 0 Å². The van der Waals surface area contributed by atoms with Gasteiger partial charge in [0.25, 0.3) is 9.05 Å². The minimum absolute atomic E-state index is 0. The fraction of sp³-hybridized carbons (Fsp3) is 0.505. The predicted octanol–water partition coefficient (Wildman–Crippen LogP) is 24.4. The molecule has 758 valence electrons. The largest absolute Gasteiger partial charge is 0.386 e. The number of methoxy groups -OCH3 is 7. The van der Waals surface area contributed by atoms with Gasteiger partial charge in [-0.3, -0.25) is 8.06 Å². The normalized spacial score (nSPS) is 14.0. The lowest BCUT2D eigenvalue weighted by molar-refractivity contribution is 0.0189. The van der Waals surface area contributed by atoms with Crippen molar-refractivity contribution in [1.29, 1.82) is 0 Å². The Morgan fingerprint density at radius 3 is 0.709 bits per heavy atom. The van der Waals surface area contributed by atoms with Crippen LogP contribution in [-0.2, 0) is 138 Å². The van der Waals surface area contributed by atoms with Crippen LogP contribution in [0.15, 0.2) is 240 Å². The van der Waals surface area contributed by atoms with Crippen LogP contribution in [0.3, 0.4) is 0 Å². The fourth-order valence-corrected chi connectivity index (χ4v) is 26.9. The molecule has 0 aromatic heterocycles. The van der Waals surface area contributed by atoms with Gasteiger partial charge in [-0.25, -0.2) is 57.7 Å². The van der Waals surface area contributed by atoms with Crippen molar-refractivity contribution in [3.63, 3.8) is 0 Å². The van der Waals surface area contributed by atoms with Gasteiger partial charge >= 0.3 is 0 Å². The molecule has 0 spiro atoms. The second-order valence-electron chi connectivity index (χ2n) is 40.4. The van der Waals surface area contributed by atoms with Crippen molar-refractivity contribution in [2.45, 2.75) is 302 Å². The molecule has 0 saturated carbocycles. The Bertz CT molecular complexity index is 5460. The highest BCUT2D eigenvalue weighted by atomic mass is 79.9. The zero-order valence-corrected chi connectivity index (χ0v) is 98.1. The monoisotopic (exact) mass is 2180 g/mol. The fourth-order valence-electron chi connectivity index (χ4n) is 10.3. The number of nitrogens with one attached hydrogen (secondary N) is 1. The number of ether oxygens (including phenoxy) is 7. The third-order valence-electron chi connectivity index (χ3n) is 24.4. The standard InChI is InChI=1S/2C16H30N2O2SSi.C16H29NO3SSi.C10H13BrO.C10H13ClO3S.C10H15NO3S.C10H14O3S.C9H11BrO.H3N/c2*1-15(2,3)22(7,8)18-21(17,19)14-11-9-13(10-12-14)16(4,5)20-6;1-15(2,3)22(7,8)17-21(18,19)14-11-9-13(10-12-14)16(4,5)20-6;1-10(2,12-3)8-4-6-9(11)7-5-8;2*1-10(2,14-3)8-4-6-9(7-5-8)15(11,12)13;1-10(2,13-3)8-4-6-9(7-5-8)14(11)12;1-9(2,11)7-3-5-8(10)6-4-7;/h2*9-12H,1-8H3,(H2,17,18,19);9-12,17H,1-8H3;4-7H,1-3H3;4-7H,1-3H3;4-7H,1-3H3,(H2,11,12,13);4-7H,1-3H3,(H,11,12);3-6,11H,1-2H3;1H3. The van der Waals surface area contributed by atoms with E-state index in [1.54, 1.807) is 149 Å². The Hall–Kier alpha value is -5.00. The lowest BCUT2D eigenvalue weighted by Gasteiger charge is -2.36. The SMILES string of the molecule is CC(C)(O)c1ccc(Br)cc1.COC(C)(C)c1ccc(Br)cc1.COC(C)(C)c1ccc(S(=O)(=O)Cl)cc1.COC(C)(C)c1ccc(S(=O)(=O)N[Si](C)(C)C(C)(C)C)cc1.COC(C)(C)c1ccc(S(=O)O)cc1.COC(C)(C)c1ccc(S(N)(=O)=N[Si](C)(C)C(C)(C)C)cc1.COC(C)(C)c1ccc(S(N)(=O)=N[Si](C)(C)C(C)(C)C)cc1.COC(C)(C)c1ccc(S(N)(=O)=O)cc1.N. The number of primary sulfonamides is 1. The molecule has 12 N–H and O–H groups in total. The number of hydrogen-bond donors (Lipinski definition) is 7. The van der Waals surface area contributed by atoms with Crippen LogP contribution in [0, 0.1) is 0 Å². The highest BCUT2D eigenvalue weighted by Crippen LogP contribution is 2.41. The summed E-state index contributed by atoms with van der Waals surface area (Å²) in [6.07, 6.45) is 0. The summed E-state index contributed by atoms with van der Waals surface area (Å²) in [5, 5.41) is 26.7. The molecule has 0 amide bonds. The molecule has 0 radical (unpaired) electrons. The van der Waals surface area contributed by atoms with Crippen LogP contribution < -0.4 is 26.0 Å². The first-order chi connectivity index (χ1) is 59.8. The first-order valence-corrected chi connectivity index (χ1v) is 62.8. The molecular weight excluding hydrogens is 2020 g/mol. The minimum atomic E-state index is -3.64. The van der Waals surface area contributed by atoms with Crippen molar-refractivity contribution in [3.05, 3.63) is 248 Å². The first kappa shape index (κ1) is 129. The quantitative estimate of drug-likeness (QED) is 0.0159. The number of aliphatic hydroxyl groups is 1. The van der Waals surface area contributed by atoms with Crippen molar-refractivity contribution in [2.24, 2.45) is 23.5 Å². The summed E-state index contributed by atoms with van der Waals surface area (Å²) in [7, 11) is -6.05. The molecular formula is C97H158Br2ClN7O18S6Si3. The molecule has 0 saturated heterocycles. The Balaban J connectivity index is 0.00000152. The maximum atomic E-state index is 12.9. The van der Waals surface area contributed by atoms with Crippen molar-refractivity contribution in [2.75, 3.05) is 49.8 Å². The molecule has 3 atom stereocenters. The second kappa shape index (κ2) is 50.6. The molecule has 0 heterocycles. The van der Waals surface area contributed by atoms with Gasteiger partial charge in [0, 0.05) is 69.4 Å². The summed E-state index contributed by atoms with van der Waals surface area (Å²) < 4.78 is 166. The van der Waals surface area contributed by atoms with Gasteiger partial charge < -0.3 is 49.0 Å². The van der Waals surface area contributed by atoms with E-state index >= 15 is 0 Å². The van der Waals surface area contributed by atoms with Crippen LogP contribution in [-0.4, -0.2) is 122 Å². The summed E-state index contributed by atoms with van der Waals surface area (Å²) in [6, 6.07) is 57.1. The van der Waals surface area contributed by atoms with Gasteiger partial charge in [0.15, 0.2) is 27.6 Å². The van der Waals surface area contributed by atoms with E-state index in [2.05, 4.69) is 159 Å². The molecule has 37 heteroatoms. The Kier molecular flexibility index (Phi) is 48.7. The zero-order chi connectivity index (χ0) is 104. The number of sulfonamides is 2. The Morgan fingerprint density at radius 2 is 0.522 bits per heavy atom. The van der Waals surface area contributed by atoms with Crippen molar-refractivity contribution in [3.8, 4) is 0 Å². The van der Waals surface area contributed by atoms with Crippen LogP contribution in [0.25, 0.3) is 0 Å². The maximum Gasteiger partial charge on any atom is 0.261 e. The van der Waals surface area contributed by atoms with Gasteiger partial charge in [0.1, 0.15) is 28.1 Å². The molecule has 0 aliphatic carbocycles. The molecule has 0 aliphatic rings. The summed E-state index contributed by atoms with van der Waals surface area (Å²) in [6.45, 7) is 62.4. The third-order valence-corrected chi connectivity index (χ3v) is 51.3. The molecule has 134 heavy (non-hydrogen) atoms. The average molecular weight is 2180 g/mol. The van der Waals surface area contributed by atoms with E-state index in [1.807, 2.05) is 169 Å². The van der Waals surface area contributed by atoms with E-state index < -0.39 is 107 Å². The van der Waals surface area contributed by atoms with Crippen molar-refractivity contribution < 1.29 is 80.7 Å². The zero-order valence-electron chi connectivity index (χ0n) is 86.3. The van der Waals surface area contributed by atoms with E-state index in [-0.39, 0.29) is 53.5 Å². The predicted molar refractivity (Wildman–Crippen MR) is 569 cm³/mol. The summed E-state index contributed by atoms with van der Waals surface area (Å²) in [4.78, 5) is 2.06. The molecule has 0 aliphatic heterocycles. The number of halogens is 3. The summed E-state index contributed by atoms with van der Waals surface area (Å²) >= 11 is 4.82. The first-order valence-electron chi connectivity index (χ1n) is 42.7. The second-order valence-corrected chi connectivity index (χ2v) is 68.3. The highest BCUT2D eigenvalue weighted by molar-refractivity contribution is 9.10. The van der Waals surface area contributed by atoms with Gasteiger partial charge in [-0.2, -0.15) is 0 Å². The van der Waals surface area contributed by atoms with Gasteiger partial charge in [-0.1, -0.05) is 204 Å². The van der Waals surface area contributed by atoms with Crippen LogP contribution in [0.1, 0.15) is 218 Å². The molecule has 3 unspecified atom stereocenters.